The Kier molecular flexibility index (Phi) is 6.75. The van der Waals surface area contributed by atoms with Crippen molar-refractivity contribution in [3.8, 4) is 5.75 Å². The van der Waals surface area contributed by atoms with Crippen LogP contribution in [0.4, 0.5) is 5.69 Å². The Morgan fingerprint density at radius 3 is 2.57 bits per heavy atom. The fourth-order valence-electron chi connectivity index (χ4n) is 4.72. The molecule has 2 saturated carbocycles. The van der Waals surface area contributed by atoms with Crippen LogP contribution in [0.25, 0.3) is 0 Å². The number of carbonyl (C=O) groups is 1. The molecule has 0 atom stereocenters. The molecule has 3 fully saturated rings. The molecule has 0 spiro atoms. The number of likely N-dealkylation sites (tertiary alicyclic amines) is 1. The number of hydrogen-bond donors (Lipinski definition) is 3. The van der Waals surface area contributed by atoms with Gasteiger partial charge in [-0.3, -0.25) is 4.79 Å². The molecule has 4 rings (SSSR count). The summed E-state index contributed by atoms with van der Waals surface area (Å²) in [5, 5.41) is 13.6. The number of hydrogen-bond acceptors (Lipinski definition) is 5. The molecule has 4 N–H and O–H groups in total. The summed E-state index contributed by atoms with van der Waals surface area (Å²) < 4.78 is 5.96. The maximum absolute atomic E-state index is 13.4. The molecule has 1 aromatic rings. The molecule has 0 aromatic heterocycles. The number of anilines is 1. The summed E-state index contributed by atoms with van der Waals surface area (Å²) >= 11 is 6.26. The number of rotatable bonds is 7. The number of nitrogens with one attached hydrogen (secondary N) is 1. The van der Waals surface area contributed by atoms with E-state index in [4.69, 9.17) is 22.1 Å². The molecule has 1 aliphatic heterocycles. The van der Waals surface area contributed by atoms with Crippen molar-refractivity contribution < 1.29 is 14.6 Å². The number of carbonyl (C=O) groups excluding carboxylic acids is 1. The van der Waals surface area contributed by atoms with Crippen LogP contribution in [-0.4, -0.2) is 53.8 Å². The molecule has 166 valence electrons. The first-order valence-electron chi connectivity index (χ1n) is 11.4. The lowest BCUT2D eigenvalue weighted by molar-refractivity contribution is 0.0530. The highest BCUT2D eigenvalue weighted by molar-refractivity contribution is 6.33. The van der Waals surface area contributed by atoms with E-state index in [1.807, 2.05) is 0 Å². The van der Waals surface area contributed by atoms with Gasteiger partial charge in [0.2, 0.25) is 0 Å². The molecule has 1 heterocycles. The normalized spacial score (nSPS) is 22.6. The van der Waals surface area contributed by atoms with E-state index >= 15 is 0 Å². The van der Waals surface area contributed by atoms with Gasteiger partial charge in [-0.15, -0.1) is 0 Å². The maximum Gasteiger partial charge on any atom is 0.255 e. The van der Waals surface area contributed by atoms with Crippen molar-refractivity contribution in [2.24, 2.45) is 5.92 Å². The van der Waals surface area contributed by atoms with Crippen molar-refractivity contribution in [3.05, 3.63) is 22.7 Å². The lowest BCUT2D eigenvalue weighted by Crippen LogP contribution is -2.57. The number of nitrogens with two attached hydrogens (primary N) is 1. The summed E-state index contributed by atoms with van der Waals surface area (Å²) in [5.41, 5.74) is 6.63. The third kappa shape index (κ3) is 5.40. The highest BCUT2D eigenvalue weighted by Gasteiger charge is 2.37. The van der Waals surface area contributed by atoms with E-state index in [1.54, 1.807) is 12.1 Å². The largest absolute Gasteiger partial charge is 0.492 e. The number of nitrogen functional groups attached to an aromatic ring is 1. The minimum absolute atomic E-state index is 0.137. The Bertz CT molecular complexity index is 754. The predicted octanol–water partition coefficient (Wildman–Crippen LogP) is 3.60. The summed E-state index contributed by atoms with van der Waals surface area (Å²) in [6, 6.07) is 3.32. The summed E-state index contributed by atoms with van der Waals surface area (Å²) in [4.78, 5) is 15.8. The zero-order valence-corrected chi connectivity index (χ0v) is 18.4. The summed E-state index contributed by atoms with van der Waals surface area (Å²) in [5.74, 6) is 0.965. The van der Waals surface area contributed by atoms with Gasteiger partial charge in [0.25, 0.3) is 5.91 Å². The first kappa shape index (κ1) is 21.7. The molecule has 2 aliphatic carbocycles. The van der Waals surface area contributed by atoms with E-state index in [9.17, 15) is 9.90 Å². The van der Waals surface area contributed by atoms with Crippen LogP contribution in [0, 0.1) is 5.92 Å². The summed E-state index contributed by atoms with van der Waals surface area (Å²) in [7, 11) is 0. The smallest absolute Gasteiger partial charge is 0.255 e. The van der Waals surface area contributed by atoms with Crippen molar-refractivity contribution in [2.75, 3.05) is 32.0 Å². The predicted molar refractivity (Wildman–Crippen MR) is 119 cm³/mol. The molecule has 1 amide bonds. The average Bonchev–Trinajstić information content (AvgIpc) is 3.55. The number of piperidine rings is 1. The molecule has 1 aromatic carbocycles. The molecular formula is C23H34ClN3O3. The van der Waals surface area contributed by atoms with Crippen LogP contribution >= 0.6 is 11.6 Å². The Morgan fingerprint density at radius 2 is 1.90 bits per heavy atom. The van der Waals surface area contributed by atoms with Crippen LogP contribution in [0.15, 0.2) is 12.1 Å². The first-order chi connectivity index (χ1) is 14.4. The number of nitrogens with zero attached hydrogens (tertiary/aromatic N) is 1. The summed E-state index contributed by atoms with van der Waals surface area (Å²) in [6.07, 6.45) is 9.15. The van der Waals surface area contributed by atoms with Gasteiger partial charge in [0, 0.05) is 25.7 Å². The third-order valence-corrected chi connectivity index (χ3v) is 7.12. The molecule has 3 aliphatic rings. The lowest BCUT2D eigenvalue weighted by Gasteiger charge is -2.43. The SMILES string of the molecule is Nc1cc(OCC2CC2)c(C(=O)NC2(CN3CCC(O)CC3)CCCCC2)cc1Cl. The molecule has 7 heteroatoms. The molecule has 6 nitrogen and oxygen atoms in total. The lowest BCUT2D eigenvalue weighted by atomic mass is 9.80. The Morgan fingerprint density at radius 1 is 1.20 bits per heavy atom. The number of amides is 1. The van der Waals surface area contributed by atoms with Crippen molar-refractivity contribution in [2.45, 2.75) is 69.4 Å². The first-order valence-corrected chi connectivity index (χ1v) is 11.8. The van der Waals surface area contributed by atoms with Crippen LogP contribution < -0.4 is 15.8 Å². The quantitative estimate of drug-likeness (QED) is 0.569. The van der Waals surface area contributed by atoms with Crippen LogP contribution in [0.5, 0.6) is 5.75 Å². The van der Waals surface area contributed by atoms with Gasteiger partial charge < -0.3 is 25.8 Å². The standard InChI is InChI=1S/C23H34ClN3O3/c24-19-12-18(21(13-20(19)25)30-14-16-4-5-16)22(29)26-23(8-2-1-3-9-23)15-27-10-6-17(28)7-11-27/h12-13,16-17,28H,1-11,14-15,25H2,(H,26,29). The Hall–Kier alpha value is -1.50. The van der Waals surface area contributed by atoms with E-state index in [-0.39, 0.29) is 17.6 Å². The number of ether oxygens (including phenoxy) is 1. The average molecular weight is 436 g/mol. The second-order valence-electron chi connectivity index (χ2n) is 9.43. The topological polar surface area (TPSA) is 87.8 Å². The van der Waals surface area contributed by atoms with Gasteiger partial charge in [0.05, 0.1) is 34.5 Å². The monoisotopic (exact) mass is 435 g/mol. The van der Waals surface area contributed by atoms with Crippen LogP contribution in [-0.2, 0) is 0 Å². The molecule has 0 unspecified atom stereocenters. The van der Waals surface area contributed by atoms with Gasteiger partial charge in [0.15, 0.2) is 0 Å². The van der Waals surface area contributed by atoms with Gasteiger partial charge >= 0.3 is 0 Å². The van der Waals surface area contributed by atoms with Crippen molar-refractivity contribution in [3.63, 3.8) is 0 Å². The molecule has 30 heavy (non-hydrogen) atoms. The van der Waals surface area contributed by atoms with Gasteiger partial charge in [-0.05, 0) is 50.5 Å². The summed E-state index contributed by atoms with van der Waals surface area (Å²) in [6.45, 7) is 3.19. The van der Waals surface area contributed by atoms with E-state index in [2.05, 4.69) is 10.2 Å². The van der Waals surface area contributed by atoms with Gasteiger partial charge in [-0.2, -0.15) is 0 Å². The highest BCUT2D eigenvalue weighted by Crippen LogP contribution is 2.35. The fourth-order valence-corrected chi connectivity index (χ4v) is 4.89. The number of aliphatic hydroxyl groups excluding tert-OH is 1. The maximum atomic E-state index is 13.4. The van der Waals surface area contributed by atoms with Crippen molar-refractivity contribution >= 4 is 23.2 Å². The zero-order valence-electron chi connectivity index (χ0n) is 17.7. The Labute approximate surface area is 184 Å². The van der Waals surface area contributed by atoms with E-state index in [0.717, 1.165) is 58.2 Å². The molecular weight excluding hydrogens is 402 g/mol. The zero-order chi connectivity index (χ0) is 21.1. The molecule has 0 radical (unpaired) electrons. The minimum Gasteiger partial charge on any atom is -0.492 e. The van der Waals surface area contributed by atoms with Gasteiger partial charge in [-0.1, -0.05) is 30.9 Å². The van der Waals surface area contributed by atoms with Gasteiger partial charge in [0.1, 0.15) is 5.75 Å². The highest BCUT2D eigenvalue weighted by atomic mass is 35.5. The van der Waals surface area contributed by atoms with Crippen molar-refractivity contribution in [1.29, 1.82) is 0 Å². The Balaban J connectivity index is 1.51. The van der Waals surface area contributed by atoms with E-state index < -0.39 is 0 Å². The van der Waals surface area contributed by atoms with E-state index in [0.29, 0.717) is 34.5 Å². The number of benzene rings is 1. The van der Waals surface area contributed by atoms with Crippen LogP contribution in [0.1, 0.15) is 68.1 Å². The van der Waals surface area contributed by atoms with Gasteiger partial charge in [-0.25, -0.2) is 0 Å². The number of halogens is 1. The third-order valence-electron chi connectivity index (χ3n) is 6.79. The van der Waals surface area contributed by atoms with Crippen LogP contribution in [0.3, 0.4) is 0 Å². The fraction of sp³-hybridized carbons (Fsp3) is 0.696. The van der Waals surface area contributed by atoms with Crippen LogP contribution in [0.2, 0.25) is 5.02 Å². The second-order valence-corrected chi connectivity index (χ2v) is 9.83. The number of aliphatic hydroxyl groups is 1. The minimum atomic E-state index is -0.251. The van der Waals surface area contributed by atoms with E-state index in [1.165, 1.54) is 19.3 Å². The molecule has 1 saturated heterocycles. The second kappa shape index (κ2) is 9.33. The molecule has 0 bridgehead atoms. The van der Waals surface area contributed by atoms with Crippen molar-refractivity contribution in [1.82, 2.24) is 10.2 Å².